The van der Waals surface area contributed by atoms with E-state index in [1.165, 1.54) is 0 Å². The summed E-state index contributed by atoms with van der Waals surface area (Å²) in [6.45, 7) is 1.02. The van der Waals surface area contributed by atoms with Gasteiger partial charge in [-0.2, -0.15) is 5.10 Å². The van der Waals surface area contributed by atoms with Crippen molar-refractivity contribution in [2.24, 2.45) is 5.73 Å². The topological polar surface area (TPSA) is 90.8 Å². The number of aromatic nitrogens is 4. The normalized spacial score (nSPS) is 16.3. The third kappa shape index (κ3) is 3.36. The molecule has 1 amide bonds. The molecule has 26 heavy (non-hydrogen) atoms. The van der Waals surface area contributed by atoms with Crippen LogP contribution in [0, 0.1) is 0 Å². The highest BCUT2D eigenvalue weighted by molar-refractivity contribution is 6.32. The third-order valence-corrected chi connectivity index (χ3v) is 4.76. The standard InChI is InChI=1S/C18H19ClN6O/c19-14-3-1-2-4-16(14)25-8-7-13(23-25)9-21-18(26)15-11-24-10-12(20)5-6-17(24)22-15/h1-4,7-8,11-12H,5-6,9-10,20H2,(H,21,26). The molecule has 2 aromatic heterocycles. The molecule has 134 valence electrons. The molecule has 0 saturated carbocycles. The van der Waals surface area contributed by atoms with Crippen LogP contribution in [0.25, 0.3) is 5.69 Å². The Kier molecular flexibility index (Phi) is 4.48. The van der Waals surface area contributed by atoms with Crippen LogP contribution < -0.4 is 11.1 Å². The van der Waals surface area contributed by atoms with E-state index in [0.29, 0.717) is 23.8 Å². The van der Waals surface area contributed by atoms with Gasteiger partial charge < -0.3 is 15.6 Å². The summed E-state index contributed by atoms with van der Waals surface area (Å²) >= 11 is 6.19. The molecule has 7 nitrogen and oxygen atoms in total. The minimum Gasteiger partial charge on any atom is -0.345 e. The average molecular weight is 371 g/mol. The Hall–Kier alpha value is -2.64. The first-order valence-corrected chi connectivity index (χ1v) is 8.87. The van der Waals surface area contributed by atoms with Crippen molar-refractivity contribution in [1.29, 1.82) is 0 Å². The number of aryl methyl sites for hydroxylation is 1. The first kappa shape index (κ1) is 16.8. The maximum Gasteiger partial charge on any atom is 0.271 e. The van der Waals surface area contributed by atoms with Crippen molar-refractivity contribution in [3.8, 4) is 5.69 Å². The predicted octanol–water partition coefficient (Wildman–Crippen LogP) is 1.93. The van der Waals surface area contributed by atoms with Crippen molar-refractivity contribution in [2.75, 3.05) is 0 Å². The van der Waals surface area contributed by atoms with Crippen LogP contribution in [0.2, 0.25) is 5.02 Å². The van der Waals surface area contributed by atoms with E-state index < -0.39 is 0 Å². The summed E-state index contributed by atoms with van der Waals surface area (Å²) in [6.07, 6.45) is 5.29. The van der Waals surface area contributed by atoms with Crippen molar-refractivity contribution in [3.05, 3.63) is 65.0 Å². The maximum atomic E-state index is 12.4. The Labute approximate surface area is 155 Å². The van der Waals surface area contributed by atoms with Gasteiger partial charge in [0.1, 0.15) is 11.5 Å². The van der Waals surface area contributed by atoms with Gasteiger partial charge in [0.2, 0.25) is 0 Å². The van der Waals surface area contributed by atoms with Crippen LogP contribution in [0.3, 0.4) is 0 Å². The van der Waals surface area contributed by atoms with Gasteiger partial charge in [0.05, 0.1) is 22.9 Å². The van der Waals surface area contributed by atoms with E-state index in [2.05, 4.69) is 15.4 Å². The smallest absolute Gasteiger partial charge is 0.271 e. The highest BCUT2D eigenvalue weighted by Crippen LogP contribution is 2.19. The molecule has 4 rings (SSSR count). The molecule has 1 atom stereocenters. The number of amides is 1. The van der Waals surface area contributed by atoms with E-state index >= 15 is 0 Å². The molecular formula is C18H19ClN6O. The van der Waals surface area contributed by atoms with Gasteiger partial charge in [0.25, 0.3) is 5.91 Å². The number of nitrogens with zero attached hydrogens (tertiary/aromatic N) is 4. The first-order chi connectivity index (χ1) is 12.6. The molecule has 3 N–H and O–H groups in total. The molecule has 3 aromatic rings. The molecule has 3 heterocycles. The maximum absolute atomic E-state index is 12.4. The summed E-state index contributed by atoms with van der Waals surface area (Å²) in [6, 6.07) is 9.44. The third-order valence-electron chi connectivity index (χ3n) is 4.44. The van der Waals surface area contributed by atoms with E-state index in [1.807, 2.05) is 41.1 Å². The van der Waals surface area contributed by atoms with Gasteiger partial charge in [0, 0.05) is 31.4 Å². The number of carbonyl (C=O) groups is 1. The molecule has 0 spiro atoms. The number of nitrogens with one attached hydrogen (secondary N) is 1. The van der Waals surface area contributed by atoms with E-state index in [-0.39, 0.29) is 11.9 Å². The van der Waals surface area contributed by atoms with Gasteiger partial charge in [-0.3, -0.25) is 4.79 Å². The minimum atomic E-state index is -0.215. The molecule has 0 fully saturated rings. The molecule has 0 bridgehead atoms. The highest BCUT2D eigenvalue weighted by atomic mass is 35.5. The number of hydrogen-bond donors (Lipinski definition) is 2. The van der Waals surface area contributed by atoms with Crippen LogP contribution in [0.5, 0.6) is 0 Å². The zero-order valence-corrected chi connectivity index (χ0v) is 14.9. The summed E-state index contributed by atoms with van der Waals surface area (Å²) in [5, 5.41) is 7.94. The zero-order chi connectivity index (χ0) is 18.1. The lowest BCUT2D eigenvalue weighted by Gasteiger charge is -2.19. The minimum absolute atomic E-state index is 0.126. The van der Waals surface area contributed by atoms with Crippen LogP contribution in [-0.2, 0) is 19.5 Å². The molecule has 8 heteroatoms. The van der Waals surface area contributed by atoms with E-state index in [1.54, 1.807) is 10.9 Å². The number of benzene rings is 1. The van der Waals surface area contributed by atoms with Crippen molar-refractivity contribution in [1.82, 2.24) is 24.6 Å². The largest absolute Gasteiger partial charge is 0.345 e. The van der Waals surface area contributed by atoms with E-state index in [4.69, 9.17) is 17.3 Å². The van der Waals surface area contributed by atoms with Crippen LogP contribution in [0.1, 0.15) is 28.4 Å². The second kappa shape index (κ2) is 6.93. The van der Waals surface area contributed by atoms with Gasteiger partial charge in [-0.15, -0.1) is 0 Å². The first-order valence-electron chi connectivity index (χ1n) is 8.49. The molecule has 0 radical (unpaired) electrons. The Bertz CT molecular complexity index is 947. The fraction of sp³-hybridized carbons (Fsp3) is 0.278. The fourth-order valence-electron chi connectivity index (χ4n) is 3.07. The molecule has 1 aliphatic rings. The van der Waals surface area contributed by atoms with Crippen molar-refractivity contribution in [3.63, 3.8) is 0 Å². The summed E-state index contributed by atoms with van der Waals surface area (Å²) in [4.78, 5) is 16.8. The molecule has 1 aliphatic heterocycles. The van der Waals surface area contributed by atoms with Crippen LogP contribution in [0.15, 0.2) is 42.7 Å². The molecular weight excluding hydrogens is 352 g/mol. The number of para-hydroxylation sites is 1. The second-order valence-corrected chi connectivity index (χ2v) is 6.79. The van der Waals surface area contributed by atoms with Crippen LogP contribution >= 0.6 is 11.6 Å². The molecule has 0 saturated heterocycles. The van der Waals surface area contributed by atoms with E-state index in [0.717, 1.165) is 30.0 Å². The average Bonchev–Trinajstić information content (AvgIpc) is 3.26. The van der Waals surface area contributed by atoms with Gasteiger partial charge in [-0.1, -0.05) is 23.7 Å². The SMILES string of the molecule is NC1CCc2nc(C(=O)NCc3ccn(-c4ccccc4Cl)n3)cn2C1. The number of imidazole rings is 1. The lowest BCUT2D eigenvalue weighted by molar-refractivity contribution is 0.0945. The quantitative estimate of drug-likeness (QED) is 0.734. The lowest BCUT2D eigenvalue weighted by atomic mass is 10.1. The number of nitrogens with two attached hydrogens (primary N) is 1. The number of fused-ring (bicyclic) bond motifs is 1. The Morgan fingerprint density at radius 3 is 3.04 bits per heavy atom. The second-order valence-electron chi connectivity index (χ2n) is 6.38. The van der Waals surface area contributed by atoms with E-state index in [9.17, 15) is 4.79 Å². The van der Waals surface area contributed by atoms with Crippen LogP contribution in [0.4, 0.5) is 0 Å². The monoisotopic (exact) mass is 370 g/mol. The lowest BCUT2D eigenvalue weighted by Crippen LogP contribution is -2.31. The Balaban J connectivity index is 1.42. The Morgan fingerprint density at radius 1 is 1.35 bits per heavy atom. The summed E-state index contributed by atoms with van der Waals surface area (Å²) in [7, 11) is 0. The van der Waals surface area contributed by atoms with Gasteiger partial charge in [-0.05, 0) is 24.6 Å². The van der Waals surface area contributed by atoms with Crippen molar-refractivity contribution in [2.45, 2.75) is 32.0 Å². The predicted molar refractivity (Wildman–Crippen MR) is 98.3 cm³/mol. The van der Waals surface area contributed by atoms with Gasteiger partial charge >= 0.3 is 0 Å². The number of hydrogen-bond acceptors (Lipinski definition) is 4. The number of halogens is 1. The number of rotatable bonds is 4. The highest BCUT2D eigenvalue weighted by Gasteiger charge is 2.20. The number of carbonyl (C=O) groups excluding carboxylic acids is 1. The summed E-state index contributed by atoms with van der Waals surface area (Å²) in [5.41, 5.74) is 7.91. The molecule has 0 aliphatic carbocycles. The van der Waals surface area contributed by atoms with Crippen molar-refractivity contribution < 1.29 is 4.79 Å². The molecule has 1 aromatic carbocycles. The van der Waals surface area contributed by atoms with Crippen molar-refractivity contribution >= 4 is 17.5 Å². The fourth-order valence-corrected chi connectivity index (χ4v) is 3.29. The van der Waals surface area contributed by atoms with Gasteiger partial charge in [0.15, 0.2) is 0 Å². The molecule has 1 unspecified atom stereocenters. The van der Waals surface area contributed by atoms with Gasteiger partial charge in [-0.25, -0.2) is 9.67 Å². The van der Waals surface area contributed by atoms with Crippen LogP contribution in [-0.4, -0.2) is 31.3 Å². The Morgan fingerprint density at radius 2 is 2.19 bits per heavy atom. The zero-order valence-electron chi connectivity index (χ0n) is 14.1. The summed E-state index contributed by atoms with van der Waals surface area (Å²) < 4.78 is 3.66. The summed E-state index contributed by atoms with van der Waals surface area (Å²) in [5.74, 6) is 0.701.